The first kappa shape index (κ1) is 12.2. The Hall–Kier alpha value is -1.88. The van der Waals surface area contributed by atoms with Gasteiger partial charge in [0, 0.05) is 6.42 Å². The Bertz CT molecular complexity index is 706. The Morgan fingerprint density at radius 1 is 1.16 bits per heavy atom. The van der Waals surface area contributed by atoms with Gasteiger partial charge in [0.25, 0.3) is 0 Å². The molecule has 3 aromatic rings. The SMILES string of the molecule is COc1ccc(Cc2nc3cccc(Br)n3n2)cc1. The van der Waals surface area contributed by atoms with Gasteiger partial charge in [-0.3, -0.25) is 0 Å². The Morgan fingerprint density at radius 2 is 1.95 bits per heavy atom. The first-order chi connectivity index (χ1) is 9.26. The Balaban J connectivity index is 1.90. The van der Waals surface area contributed by atoms with E-state index in [0.29, 0.717) is 6.42 Å². The minimum atomic E-state index is 0.706. The molecule has 0 bridgehead atoms. The van der Waals surface area contributed by atoms with Gasteiger partial charge in [-0.2, -0.15) is 0 Å². The molecule has 19 heavy (non-hydrogen) atoms. The molecular weight excluding hydrogens is 306 g/mol. The lowest BCUT2D eigenvalue weighted by Crippen LogP contribution is -1.93. The molecule has 0 atom stereocenters. The molecule has 96 valence electrons. The zero-order valence-corrected chi connectivity index (χ0v) is 12.0. The minimum absolute atomic E-state index is 0.706. The predicted molar refractivity (Wildman–Crippen MR) is 76.5 cm³/mol. The first-order valence-electron chi connectivity index (χ1n) is 5.89. The lowest BCUT2D eigenvalue weighted by Gasteiger charge is -2.00. The van der Waals surface area contributed by atoms with E-state index in [0.717, 1.165) is 27.4 Å². The zero-order valence-electron chi connectivity index (χ0n) is 10.4. The number of hydrogen-bond acceptors (Lipinski definition) is 3. The van der Waals surface area contributed by atoms with E-state index in [9.17, 15) is 0 Å². The molecule has 5 heteroatoms. The fourth-order valence-corrected chi connectivity index (χ4v) is 2.33. The summed E-state index contributed by atoms with van der Waals surface area (Å²) in [6, 6.07) is 13.8. The summed E-state index contributed by atoms with van der Waals surface area (Å²) in [5, 5.41) is 4.48. The highest BCUT2D eigenvalue weighted by molar-refractivity contribution is 9.10. The van der Waals surface area contributed by atoms with Gasteiger partial charge in [-0.25, -0.2) is 9.50 Å². The van der Waals surface area contributed by atoms with Gasteiger partial charge >= 0.3 is 0 Å². The number of benzene rings is 1. The van der Waals surface area contributed by atoms with Gasteiger partial charge in [0.2, 0.25) is 0 Å². The molecule has 0 radical (unpaired) electrons. The Kier molecular flexibility index (Phi) is 3.21. The molecule has 4 nitrogen and oxygen atoms in total. The van der Waals surface area contributed by atoms with Crippen LogP contribution in [0.4, 0.5) is 0 Å². The summed E-state index contributed by atoms with van der Waals surface area (Å²) in [4.78, 5) is 4.50. The molecule has 2 aromatic heterocycles. The second kappa shape index (κ2) is 5.01. The molecule has 0 saturated heterocycles. The highest BCUT2D eigenvalue weighted by Gasteiger charge is 2.06. The predicted octanol–water partition coefficient (Wildman–Crippen LogP) is 3.09. The first-order valence-corrected chi connectivity index (χ1v) is 6.68. The smallest absolute Gasteiger partial charge is 0.156 e. The van der Waals surface area contributed by atoms with Crippen molar-refractivity contribution >= 4 is 21.6 Å². The van der Waals surface area contributed by atoms with Crippen LogP contribution >= 0.6 is 15.9 Å². The summed E-state index contributed by atoms with van der Waals surface area (Å²) in [7, 11) is 1.66. The van der Waals surface area contributed by atoms with Crippen LogP contribution in [0, 0.1) is 0 Å². The number of rotatable bonds is 3. The maximum Gasteiger partial charge on any atom is 0.156 e. The molecule has 0 aliphatic rings. The summed E-state index contributed by atoms with van der Waals surface area (Å²) in [6.07, 6.45) is 0.706. The van der Waals surface area contributed by atoms with Crippen LogP contribution in [-0.4, -0.2) is 21.7 Å². The minimum Gasteiger partial charge on any atom is -0.497 e. The standard InChI is InChI=1S/C14H12BrN3O/c1-19-11-7-5-10(6-8-11)9-13-16-14-4-2-3-12(15)18(14)17-13/h2-8H,9H2,1H3. The highest BCUT2D eigenvalue weighted by atomic mass is 79.9. The topological polar surface area (TPSA) is 39.4 Å². The van der Waals surface area contributed by atoms with Crippen LogP contribution in [0.5, 0.6) is 5.75 Å². The molecule has 0 N–H and O–H groups in total. The van der Waals surface area contributed by atoms with Crippen LogP contribution in [0.25, 0.3) is 5.65 Å². The van der Waals surface area contributed by atoms with E-state index in [2.05, 4.69) is 26.0 Å². The maximum absolute atomic E-state index is 5.14. The molecule has 0 aliphatic heterocycles. The van der Waals surface area contributed by atoms with Crippen LogP contribution in [0.2, 0.25) is 0 Å². The normalized spacial score (nSPS) is 10.8. The number of aromatic nitrogens is 3. The van der Waals surface area contributed by atoms with Gasteiger partial charge < -0.3 is 4.74 Å². The molecule has 0 aliphatic carbocycles. The summed E-state index contributed by atoms with van der Waals surface area (Å²) in [5.74, 6) is 1.66. The van der Waals surface area contributed by atoms with Gasteiger partial charge in [-0.15, -0.1) is 5.10 Å². The van der Waals surface area contributed by atoms with Crippen molar-refractivity contribution in [1.29, 1.82) is 0 Å². The number of fused-ring (bicyclic) bond motifs is 1. The number of pyridine rings is 1. The van der Waals surface area contributed by atoms with E-state index in [1.54, 1.807) is 11.6 Å². The fraction of sp³-hybridized carbons (Fsp3) is 0.143. The molecular formula is C14H12BrN3O. The Labute approximate surface area is 119 Å². The van der Waals surface area contributed by atoms with Crippen molar-refractivity contribution in [3.63, 3.8) is 0 Å². The molecule has 2 heterocycles. The van der Waals surface area contributed by atoms with Crippen molar-refractivity contribution < 1.29 is 4.74 Å². The highest BCUT2D eigenvalue weighted by Crippen LogP contribution is 2.15. The molecule has 3 rings (SSSR count). The number of methoxy groups -OCH3 is 1. The third-order valence-electron chi connectivity index (χ3n) is 2.88. The third-order valence-corrected chi connectivity index (χ3v) is 3.48. The lowest BCUT2D eigenvalue weighted by atomic mass is 10.1. The summed E-state index contributed by atoms with van der Waals surface area (Å²) in [5.41, 5.74) is 2.01. The number of nitrogens with zero attached hydrogens (tertiary/aromatic N) is 3. The summed E-state index contributed by atoms with van der Waals surface area (Å²) < 4.78 is 7.83. The number of ether oxygens (including phenoxy) is 1. The van der Waals surface area contributed by atoms with Crippen molar-refractivity contribution in [2.45, 2.75) is 6.42 Å². The largest absolute Gasteiger partial charge is 0.497 e. The molecule has 0 fully saturated rings. The van der Waals surface area contributed by atoms with Crippen molar-refractivity contribution in [1.82, 2.24) is 14.6 Å². The van der Waals surface area contributed by atoms with E-state index in [4.69, 9.17) is 4.74 Å². The van der Waals surface area contributed by atoms with E-state index >= 15 is 0 Å². The third kappa shape index (κ3) is 2.46. The molecule has 0 spiro atoms. The second-order valence-corrected chi connectivity index (χ2v) is 4.98. The van der Waals surface area contributed by atoms with Crippen LogP contribution in [-0.2, 0) is 6.42 Å². The fourth-order valence-electron chi connectivity index (χ4n) is 1.92. The van der Waals surface area contributed by atoms with Crippen LogP contribution in [0.1, 0.15) is 11.4 Å². The summed E-state index contributed by atoms with van der Waals surface area (Å²) >= 11 is 3.46. The van der Waals surface area contributed by atoms with E-state index in [1.807, 2.05) is 42.5 Å². The van der Waals surface area contributed by atoms with Crippen molar-refractivity contribution in [3.8, 4) is 5.75 Å². The number of halogens is 1. The van der Waals surface area contributed by atoms with Crippen molar-refractivity contribution in [3.05, 3.63) is 58.5 Å². The molecule has 0 unspecified atom stereocenters. The van der Waals surface area contributed by atoms with Crippen LogP contribution in [0.15, 0.2) is 47.1 Å². The van der Waals surface area contributed by atoms with Crippen molar-refractivity contribution in [2.24, 2.45) is 0 Å². The van der Waals surface area contributed by atoms with Crippen LogP contribution in [0.3, 0.4) is 0 Å². The van der Waals surface area contributed by atoms with E-state index < -0.39 is 0 Å². The van der Waals surface area contributed by atoms with Crippen molar-refractivity contribution in [2.75, 3.05) is 7.11 Å². The average molecular weight is 318 g/mol. The van der Waals surface area contributed by atoms with Gasteiger partial charge in [0.1, 0.15) is 10.4 Å². The van der Waals surface area contributed by atoms with Crippen LogP contribution < -0.4 is 4.74 Å². The number of hydrogen-bond donors (Lipinski definition) is 0. The van der Waals surface area contributed by atoms with Gasteiger partial charge in [-0.1, -0.05) is 18.2 Å². The Morgan fingerprint density at radius 3 is 2.63 bits per heavy atom. The van der Waals surface area contributed by atoms with E-state index in [1.165, 1.54) is 0 Å². The maximum atomic E-state index is 5.14. The van der Waals surface area contributed by atoms with Gasteiger partial charge in [0.05, 0.1) is 7.11 Å². The van der Waals surface area contributed by atoms with Gasteiger partial charge in [0.15, 0.2) is 11.5 Å². The summed E-state index contributed by atoms with van der Waals surface area (Å²) in [6.45, 7) is 0. The monoisotopic (exact) mass is 317 g/mol. The molecule has 1 aromatic carbocycles. The molecule has 0 saturated carbocycles. The molecule has 0 amide bonds. The average Bonchev–Trinajstić information content (AvgIpc) is 2.84. The second-order valence-electron chi connectivity index (χ2n) is 4.17. The van der Waals surface area contributed by atoms with Gasteiger partial charge in [-0.05, 0) is 45.8 Å². The zero-order chi connectivity index (χ0) is 13.2. The lowest BCUT2D eigenvalue weighted by molar-refractivity contribution is 0.414. The quantitative estimate of drug-likeness (QED) is 0.697. The van der Waals surface area contributed by atoms with E-state index in [-0.39, 0.29) is 0 Å².